The number of amides is 4. The zero-order valence-corrected chi connectivity index (χ0v) is 31.7. The van der Waals surface area contributed by atoms with Gasteiger partial charge in [0.2, 0.25) is 11.8 Å². The van der Waals surface area contributed by atoms with E-state index < -0.39 is 81.2 Å². The predicted octanol–water partition coefficient (Wildman–Crippen LogP) is 8.27. The van der Waals surface area contributed by atoms with Crippen LogP contribution >= 0.6 is 34.8 Å². The zero-order chi connectivity index (χ0) is 40.0. The van der Waals surface area contributed by atoms with Crippen LogP contribution in [0.25, 0.3) is 0 Å². The Kier molecular flexibility index (Phi) is 9.13. The zero-order valence-electron chi connectivity index (χ0n) is 29.4. The fraction of sp³-hybridized carbons (Fsp3) is 0.275. The van der Waals surface area contributed by atoms with E-state index in [-0.39, 0.29) is 24.2 Å². The Morgan fingerprint density at radius 2 is 1.64 bits per heavy atom. The number of anilines is 2. The number of allylic oxidation sites excluding steroid dienone is 2. The Bertz CT molecular complexity index is 2390. The molecule has 3 heterocycles. The van der Waals surface area contributed by atoms with Gasteiger partial charge in [-0.2, -0.15) is 18.2 Å². The molecule has 4 amide bonds. The number of carbonyl (C=O) groups is 4. The summed E-state index contributed by atoms with van der Waals surface area (Å²) in [6.07, 6.45) is -2.41. The van der Waals surface area contributed by atoms with E-state index in [4.69, 9.17) is 39.5 Å². The van der Waals surface area contributed by atoms with E-state index in [1.54, 1.807) is 61.5 Å². The average molecular weight is 826 g/mol. The molecule has 288 valence electrons. The Hall–Kier alpha value is -5.11. The molecule has 0 spiro atoms. The number of fused-ring (bicyclic) bond motifs is 4. The minimum Gasteiger partial charge on any atom is -0.508 e. The van der Waals surface area contributed by atoms with Gasteiger partial charge in [0.1, 0.15) is 11.5 Å². The molecule has 0 radical (unpaired) electrons. The number of benzene rings is 3. The second-order valence-electron chi connectivity index (χ2n) is 14.3. The molecule has 0 bridgehead atoms. The molecule has 6 atom stereocenters. The van der Waals surface area contributed by atoms with Crippen molar-refractivity contribution in [3.8, 4) is 11.5 Å². The van der Waals surface area contributed by atoms with Gasteiger partial charge in [-0.05, 0) is 73.2 Å². The third-order valence-corrected chi connectivity index (χ3v) is 12.5. The third kappa shape index (κ3) is 5.65. The number of imide groups is 2. The van der Waals surface area contributed by atoms with Crippen molar-refractivity contribution in [2.24, 2.45) is 23.7 Å². The monoisotopic (exact) mass is 824 g/mol. The molecule has 2 N–H and O–H groups in total. The summed E-state index contributed by atoms with van der Waals surface area (Å²) in [4.78, 5) is 63.7. The van der Waals surface area contributed by atoms with Gasteiger partial charge >= 0.3 is 6.18 Å². The van der Waals surface area contributed by atoms with Crippen molar-refractivity contribution < 1.29 is 42.2 Å². The molecule has 4 aromatic rings. The van der Waals surface area contributed by atoms with Crippen molar-refractivity contribution in [3.05, 3.63) is 122 Å². The molecule has 3 aromatic carbocycles. The fourth-order valence-electron chi connectivity index (χ4n) is 9.00. The molecule has 2 aliphatic heterocycles. The van der Waals surface area contributed by atoms with Crippen LogP contribution in [0.5, 0.6) is 11.5 Å². The van der Waals surface area contributed by atoms with Crippen LogP contribution in [0.15, 0.2) is 84.6 Å². The highest BCUT2D eigenvalue weighted by Gasteiger charge is 2.70. The van der Waals surface area contributed by atoms with Crippen LogP contribution in [-0.2, 0) is 30.8 Å². The lowest BCUT2D eigenvalue weighted by Crippen LogP contribution is -2.53. The Morgan fingerprint density at radius 3 is 2.29 bits per heavy atom. The number of hydrogen-bond acceptors (Lipinski definition) is 8. The molecule has 0 unspecified atom stereocenters. The number of rotatable bonds is 6. The van der Waals surface area contributed by atoms with Gasteiger partial charge in [-0.3, -0.25) is 24.6 Å². The molecule has 56 heavy (non-hydrogen) atoms. The van der Waals surface area contributed by atoms with Crippen LogP contribution in [0.3, 0.4) is 0 Å². The first kappa shape index (κ1) is 37.8. The lowest BCUT2D eigenvalue weighted by Gasteiger charge is -2.50. The lowest BCUT2D eigenvalue weighted by atomic mass is 9.49. The largest absolute Gasteiger partial charge is 0.508 e. The van der Waals surface area contributed by atoms with Gasteiger partial charge in [0, 0.05) is 33.8 Å². The summed E-state index contributed by atoms with van der Waals surface area (Å²) in [6.45, 7) is 1.79. The maximum atomic E-state index is 15.3. The Morgan fingerprint density at radius 1 is 0.911 bits per heavy atom. The molecule has 8 rings (SSSR count). The van der Waals surface area contributed by atoms with Crippen molar-refractivity contribution in [1.29, 1.82) is 0 Å². The van der Waals surface area contributed by atoms with Crippen molar-refractivity contribution in [3.63, 3.8) is 0 Å². The van der Waals surface area contributed by atoms with Gasteiger partial charge < -0.3 is 9.84 Å². The first-order valence-corrected chi connectivity index (χ1v) is 18.6. The van der Waals surface area contributed by atoms with Crippen LogP contribution in [0.1, 0.15) is 41.0 Å². The number of nitrogens with zero attached hydrogens (tertiary/aromatic N) is 3. The second kappa shape index (κ2) is 13.5. The molecule has 2 saturated heterocycles. The molecule has 4 aliphatic rings. The fourth-order valence-corrected chi connectivity index (χ4v) is 9.51. The summed E-state index contributed by atoms with van der Waals surface area (Å²) in [7, 11) is 1.42. The first-order valence-electron chi connectivity index (χ1n) is 17.4. The van der Waals surface area contributed by atoms with Crippen LogP contribution < -0.4 is 15.1 Å². The van der Waals surface area contributed by atoms with Crippen molar-refractivity contribution in [1.82, 2.24) is 9.99 Å². The molecule has 1 aromatic heterocycles. The smallest absolute Gasteiger partial charge is 0.417 e. The molecule has 10 nitrogen and oxygen atoms in total. The number of methoxy groups -OCH3 is 1. The lowest BCUT2D eigenvalue weighted by molar-refractivity contribution is -0.139. The van der Waals surface area contributed by atoms with Crippen LogP contribution in [0, 0.1) is 30.6 Å². The van der Waals surface area contributed by atoms with Gasteiger partial charge in [0.05, 0.1) is 46.6 Å². The highest BCUT2D eigenvalue weighted by molar-refractivity contribution is 6.33. The van der Waals surface area contributed by atoms with E-state index >= 15 is 4.79 Å². The van der Waals surface area contributed by atoms with E-state index in [1.165, 1.54) is 13.2 Å². The summed E-state index contributed by atoms with van der Waals surface area (Å²) in [5.41, 5.74) is 1.79. The summed E-state index contributed by atoms with van der Waals surface area (Å²) in [5.74, 6) is -7.82. The average Bonchev–Trinajstić information content (AvgIpc) is 3.54. The van der Waals surface area contributed by atoms with Gasteiger partial charge in [-0.15, -0.1) is 0 Å². The first-order chi connectivity index (χ1) is 26.6. The van der Waals surface area contributed by atoms with E-state index in [0.29, 0.717) is 49.9 Å². The number of hydrogen-bond donors (Lipinski definition) is 2. The maximum Gasteiger partial charge on any atom is 0.417 e. The van der Waals surface area contributed by atoms with Crippen LogP contribution in [0.4, 0.5) is 24.7 Å². The van der Waals surface area contributed by atoms with Crippen LogP contribution in [0.2, 0.25) is 15.1 Å². The van der Waals surface area contributed by atoms with Gasteiger partial charge in [0.15, 0.2) is 5.82 Å². The van der Waals surface area contributed by atoms with Gasteiger partial charge in [-0.25, -0.2) is 9.88 Å². The quantitative estimate of drug-likeness (QED) is 0.147. The van der Waals surface area contributed by atoms with E-state index in [0.717, 1.165) is 10.5 Å². The predicted molar refractivity (Wildman–Crippen MR) is 200 cm³/mol. The maximum absolute atomic E-state index is 15.3. The Balaban J connectivity index is 1.32. The number of alkyl halides is 3. The molecule has 16 heteroatoms. The number of carbonyl (C=O) groups excluding carboxylic acids is 4. The molecule has 3 fully saturated rings. The topological polar surface area (TPSA) is 129 Å². The van der Waals surface area contributed by atoms with E-state index in [9.17, 15) is 32.7 Å². The number of phenolic OH excluding ortho intramolecular Hbond substituents is 1. The molecular formula is C40H30Cl3F3N4O6. The number of pyridine rings is 1. The summed E-state index contributed by atoms with van der Waals surface area (Å²) in [5, 5.41) is 12.6. The molecule has 1 saturated carbocycles. The summed E-state index contributed by atoms with van der Waals surface area (Å²) in [6, 6.07) is 16.3. The number of halogens is 6. The number of aromatic nitrogens is 1. The van der Waals surface area contributed by atoms with Crippen molar-refractivity contribution in [2.75, 3.05) is 17.4 Å². The highest BCUT2D eigenvalue weighted by Crippen LogP contribution is 2.65. The van der Waals surface area contributed by atoms with E-state index in [2.05, 4.69) is 10.4 Å². The van der Waals surface area contributed by atoms with Crippen LogP contribution in [-0.4, -0.2) is 45.8 Å². The third-order valence-electron chi connectivity index (χ3n) is 11.5. The number of phenols is 1. The standard InChI is InChI=1S/C40H30Cl3F3N4O6/c1-18-3-8-22(14-29(18)42)49-35(52)26-12-11-24-27(32(26)37(49)54)16-28-36(53)50(48-34-30(43)13-20(17-47-34)40(44,45)46)38(55)39(28,19-4-6-21(41)7-5-19)33(24)25-10-9-23(56-2)15-31(25)51/h3-11,13-15,17,26-28,32-33,51H,12,16H2,1-2H3,(H,47,48)/t26-,27+,28-,32-,33+,39+/m0/s1. The van der Waals surface area contributed by atoms with Crippen molar-refractivity contribution in [2.45, 2.75) is 37.3 Å². The van der Waals surface area contributed by atoms with E-state index in [1.807, 2.05) is 6.08 Å². The summed E-state index contributed by atoms with van der Waals surface area (Å²) >= 11 is 19.0. The number of hydrazine groups is 1. The SMILES string of the molecule is COc1ccc([C@H]2C3=CC[C@@H]4C(=O)N(c5ccc(C)c(Cl)c5)C(=O)[C@@H]4[C@@H]3C[C@H]3C(=O)N(Nc4ncc(C(F)(F)F)cc4Cl)C(=O)[C@@]23c2ccc(Cl)cc2)c(O)c1. The second-order valence-corrected chi connectivity index (χ2v) is 15.5. The minimum atomic E-state index is -4.77. The number of aryl methyl sites for hydroxylation is 1. The Labute approximate surface area is 332 Å². The normalized spacial score (nSPS) is 25.9. The van der Waals surface area contributed by atoms with Gasteiger partial charge in [-0.1, -0.05) is 70.7 Å². The number of nitrogens with one attached hydrogen (secondary N) is 1. The highest BCUT2D eigenvalue weighted by atomic mass is 35.5. The number of ether oxygens (including phenoxy) is 1. The molecule has 2 aliphatic carbocycles. The number of aromatic hydroxyl groups is 1. The van der Waals surface area contributed by atoms with Gasteiger partial charge in [0.25, 0.3) is 11.8 Å². The van der Waals surface area contributed by atoms with Crippen molar-refractivity contribution >= 4 is 69.9 Å². The molecular weight excluding hydrogens is 796 g/mol. The minimum absolute atomic E-state index is 0.0958. The summed E-state index contributed by atoms with van der Waals surface area (Å²) < 4.78 is 45.8.